The number of benzene rings is 2. The minimum absolute atomic E-state index is 0.176. The number of hydrogen-bond donors (Lipinski definition) is 2. The Morgan fingerprint density at radius 3 is 2.32 bits per heavy atom. The van der Waals surface area contributed by atoms with Crippen molar-refractivity contribution in [2.45, 2.75) is 52.4 Å². The number of hydrogen-bond acceptors (Lipinski definition) is 2. The largest absolute Gasteiger partial charge is 0.434 e. The van der Waals surface area contributed by atoms with Crippen molar-refractivity contribution < 1.29 is 13.2 Å². The average Bonchev–Trinajstić information content (AvgIpc) is 3.57. The van der Waals surface area contributed by atoms with Crippen LogP contribution in [0.5, 0.6) is 0 Å². The summed E-state index contributed by atoms with van der Waals surface area (Å²) in [6, 6.07) is 18.6. The predicted octanol–water partition coefficient (Wildman–Crippen LogP) is 6.95. The number of nitrogens with two attached hydrogens (primary N) is 1. The normalized spacial score (nSPS) is 13.1. The third-order valence-corrected chi connectivity index (χ3v) is 6.13. The van der Waals surface area contributed by atoms with Crippen LogP contribution in [0.15, 0.2) is 83.0 Å². The molecule has 0 radical (unpaired) electrons. The number of aromatic nitrogens is 3. The first kappa shape index (κ1) is 26.9. The number of H-pyrrole nitrogens is 1. The van der Waals surface area contributed by atoms with Gasteiger partial charge in [-0.25, -0.2) is 9.98 Å². The lowest BCUT2D eigenvalue weighted by atomic mass is 9.97. The summed E-state index contributed by atoms with van der Waals surface area (Å²) in [6.45, 7) is 8.16. The minimum atomic E-state index is -4.50. The summed E-state index contributed by atoms with van der Waals surface area (Å²) in [5.41, 5.74) is 9.69. The number of rotatable bonds is 7. The van der Waals surface area contributed by atoms with Gasteiger partial charge in [-0.3, -0.25) is 4.99 Å². The van der Waals surface area contributed by atoms with E-state index in [-0.39, 0.29) is 17.8 Å². The van der Waals surface area contributed by atoms with Crippen molar-refractivity contribution in [1.82, 2.24) is 14.5 Å². The van der Waals surface area contributed by atoms with Crippen molar-refractivity contribution in [2.24, 2.45) is 15.7 Å². The van der Waals surface area contributed by atoms with Crippen LogP contribution in [0.2, 0.25) is 0 Å². The lowest BCUT2D eigenvalue weighted by molar-refractivity contribution is -0.140. The van der Waals surface area contributed by atoms with E-state index in [9.17, 15) is 13.2 Å². The third-order valence-electron chi connectivity index (χ3n) is 6.13. The molecule has 4 aromatic rings. The van der Waals surface area contributed by atoms with E-state index in [2.05, 4.69) is 28.8 Å². The zero-order valence-corrected chi connectivity index (χ0v) is 21.8. The Bertz CT molecular complexity index is 1430. The van der Waals surface area contributed by atoms with Crippen molar-refractivity contribution in [2.75, 3.05) is 0 Å². The van der Waals surface area contributed by atoms with Crippen molar-refractivity contribution in [3.63, 3.8) is 0 Å². The second-order valence-corrected chi connectivity index (χ2v) is 9.61. The first-order chi connectivity index (χ1) is 18.0. The Balaban J connectivity index is 1.63. The predicted molar refractivity (Wildman–Crippen MR) is 145 cm³/mol. The van der Waals surface area contributed by atoms with Gasteiger partial charge in [-0.2, -0.15) is 13.2 Å². The van der Waals surface area contributed by atoms with Crippen LogP contribution in [-0.4, -0.2) is 26.2 Å². The number of alkyl halides is 3. The standard InChI is InChI=1S/C29H31F3N6/c1-18(2)22-8-5-6-9-23(22)26(33)37-27(24-10-7-15-34-24)35-16-20-11-13-21(14-12-20)28-36-25(29(30,31)32)17-38(28)19(3)4/h5-15,17-19,34H,16H2,1-4H3,(H2,33,35,37). The van der Waals surface area contributed by atoms with Crippen LogP contribution in [0.3, 0.4) is 0 Å². The fraction of sp³-hybridized carbons (Fsp3) is 0.276. The van der Waals surface area contributed by atoms with Crippen molar-refractivity contribution in [1.29, 1.82) is 0 Å². The molecule has 9 heteroatoms. The molecule has 0 spiro atoms. The quantitative estimate of drug-likeness (QED) is 0.204. The molecule has 0 saturated heterocycles. The van der Waals surface area contributed by atoms with Crippen molar-refractivity contribution in [3.05, 3.63) is 101 Å². The van der Waals surface area contributed by atoms with Crippen LogP contribution in [-0.2, 0) is 12.7 Å². The smallest absolute Gasteiger partial charge is 0.383 e. The molecule has 6 nitrogen and oxygen atoms in total. The molecule has 0 unspecified atom stereocenters. The van der Waals surface area contributed by atoms with E-state index >= 15 is 0 Å². The summed E-state index contributed by atoms with van der Waals surface area (Å²) >= 11 is 0. The van der Waals surface area contributed by atoms with Crippen molar-refractivity contribution in [3.8, 4) is 11.4 Å². The van der Waals surface area contributed by atoms with Gasteiger partial charge in [0.15, 0.2) is 11.5 Å². The summed E-state index contributed by atoms with van der Waals surface area (Å²) in [7, 11) is 0. The molecule has 2 heterocycles. The number of halogens is 3. The zero-order valence-electron chi connectivity index (χ0n) is 21.8. The van der Waals surface area contributed by atoms with E-state index in [1.54, 1.807) is 18.3 Å². The highest BCUT2D eigenvalue weighted by molar-refractivity contribution is 6.10. The number of nitrogens with zero attached hydrogens (tertiary/aromatic N) is 4. The fourth-order valence-corrected chi connectivity index (χ4v) is 4.12. The monoisotopic (exact) mass is 520 g/mol. The summed E-state index contributed by atoms with van der Waals surface area (Å²) in [4.78, 5) is 16.4. The Labute approximate surface area is 220 Å². The van der Waals surface area contributed by atoms with E-state index in [1.807, 2.05) is 62.4 Å². The number of nitrogens with one attached hydrogen (secondary N) is 1. The van der Waals surface area contributed by atoms with E-state index in [0.717, 1.165) is 28.6 Å². The second-order valence-electron chi connectivity index (χ2n) is 9.61. The summed E-state index contributed by atoms with van der Waals surface area (Å²) in [6.07, 6.45) is -1.66. The molecule has 0 bridgehead atoms. The van der Waals surface area contributed by atoms with Gasteiger partial charge in [0.1, 0.15) is 11.7 Å². The molecule has 0 amide bonds. The van der Waals surface area contributed by atoms with Crippen molar-refractivity contribution >= 4 is 11.7 Å². The van der Waals surface area contributed by atoms with Crippen LogP contribution in [0.1, 0.15) is 67.7 Å². The van der Waals surface area contributed by atoms with Crippen LogP contribution >= 0.6 is 0 Å². The maximum absolute atomic E-state index is 13.3. The van der Waals surface area contributed by atoms with Gasteiger partial charge in [0, 0.05) is 29.6 Å². The SMILES string of the molecule is CC(C)c1ccccc1C(N)=NC(=NCc1ccc(-c2nc(C(F)(F)F)cn2C(C)C)cc1)c1ccc[nH]1. The molecular formula is C29H31F3N6. The van der Waals surface area contributed by atoms with E-state index in [4.69, 9.17) is 10.7 Å². The molecule has 198 valence electrons. The molecule has 4 rings (SSSR count). The van der Waals surface area contributed by atoms with Crippen LogP contribution in [0, 0.1) is 0 Å². The van der Waals surface area contributed by atoms with E-state index in [0.29, 0.717) is 23.8 Å². The van der Waals surface area contributed by atoms with Gasteiger partial charge in [-0.1, -0.05) is 62.4 Å². The van der Waals surface area contributed by atoms with Gasteiger partial charge < -0.3 is 15.3 Å². The molecule has 0 atom stereocenters. The van der Waals surface area contributed by atoms with E-state index < -0.39 is 11.9 Å². The Morgan fingerprint density at radius 1 is 1.00 bits per heavy atom. The molecule has 3 N–H and O–H groups in total. The molecule has 0 fully saturated rings. The van der Waals surface area contributed by atoms with Crippen LogP contribution in [0.4, 0.5) is 13.2 Å². The topological polar surface area (TPSA) is 84.3 Å². The Morgan fingerprint density at radius 2 is 1.71 bits per heavy atom. The molecule has 38 heavy (non-hydrogen) atoms. The molecule has 0 saturated carbocycles. The highest BCUT2D eigenvalue weighted by Crippen LogP contribution is 2.32. The first-order valence-corrected chi connectivity index (χ1v) is 12.4. The average molecular weight is 521 g/mol. The van der Waals surface area contributed by atoms with Gasteiger partial charge >= 0.3 is 6.18 Å². The minimum Gasteiger partial charge on any atom is -0.383 e. The van der Waals surface area contributed by atoms with Gasteiger partial charge in [0.25, 0.3) is 0 Å². The third kappa shape index (κ3) is 6.04. The lowest BCUT2D eigenvalue weighted by Gasteiger charge is -2.12. The summed E-state index contributed by atoms with van der Waals surface area (Å²) in [5.74, 6) is 1.39. The number of amidine groups is 2. The molecule has 2 aromatic carbocycles. The fourth-order valence-electron chi connectivity index (χ4n) is 4.12. The highest BCUT2D eigenvalue weighted by Gasteiger charge is 2.35. The van der Waals surface area contributed by atoms with Gasteiger partial charge in [-0.15, -0.1) is 0 Å². The van der Waals surface area contributed by atoms with Gasteiger partial charge in [0.2, 0.25) is 0 Å². The molecule has 0 aliphatic heterocycles. The van der Waals surface area contributed by atoms with Gasteiger partial charge in [0.05, 0.1) is 12.2 Å². The van der Waals surface area contributed by atoms with Crippen LogP contribution in [0.25, 0.3) is 11.4 Å². The second kappa shape index (κ2) is 11.1. The maximum Gasteiger partial charge on any atom is 0.434 e. The first-order valence-electron chi connectivity index (χ1n) is 12.4. The number of aliphatic imine (C=N–C) groups is 2. The molecular weight excluding hydrogens is 489 g/mol. The van der Waals surface area contributed by atoms with E-state index in [1.165, 1.54) is 4.57 Å². The zero-order chi connectivity index (χ0) is 27.4. The molecule has 0 aliphatic carbocycles. The Hall–Kier alpha value is -4.14. The molecule has 0 aliphatic rings. The summed E-state index contributed by atoms with van der Waals surface area (Å²) < 4.78 is 41.3. The number of imidazole rings is 1. The maximum atomic E-state index is 13.3. The molecule has 2 aromatic heterocycles. The van der Waals surface area contributed by atoms with Gasteiger partial charge in [-0.05, 0) is 43.0 Å². The highest BCUT2D eigenvalue weighted by atomic mass is 19.4. The number of aromatic amines is 1. The summed E-state index contributed by atoms with van der Waals surface area (Å²) in [5, 5.41) is 0. The Kier molecular flexibility index (Phi) is 7.85. The lowest BCUT2D eigenvalue weighted by Crippen LogP contribution is -2.19. The van der Waals surface area contributed by atoms with Crippen LogP contribution < -0.4 is 5.73 Å².